The van der Waals surface area contributed by atoms with Crippen molar-refractivity contribution in [3.63, 3.8) is 0 Å². The Morgan fingerprint density at radius 1 is 1.44 bits per heavy atom. The van der Waals surface area contributed by atoms with Crippen LogP contribution in [0, 0.1) is 6.92 Å². The minimum Gasteiger partial charge on any atom is -0.480 e. The van der Waals surface area contributed by atoms with E-state index >= 15 is 0 Å². The van der Waals surface area contributed by atoms with Crippen molar-refractivity contribution in [3.8, 4) is 0 Å². The Balaban J connectivity index is 2.41. The Kier molecular flexibility index (Phi) is 3.25. The van der Waals surface area contributed by atoms with E-state index in [9.17, 15) is 9.59 Å². The largest absolute Gasteiger partial charge is 0.480 e. The van der Waals surface area contributed by atoms with Gasteiger partial charge in [-0.2, -0.15) is 0 Å². The van der Waals surface area contributed by atoms with E-state index in [0.717, 1.165) is 10.9 Å². The second-order valence-electron chi connectivity index (χ2n) is 3.89. The molecule has 94 valence electrons. The zero-order chi connectivity index (χ0) is 13.3. The monoisotopic (exact) mass is 266 g/mol. The maximum atomic E-state index is 11.9. The third-order valence-electron chi connectivity index (χ3n) is 2.58. The van der Waals surface area contributed by atoms with E-state index in [-0.39, 0.29) is 0 Å². The van der Waals surface area contributed by atoms with E-state index in [4.69, 9.17) is 16.7 Å². The number of amides is 1. The van der Waals surface area contributed by atoms with Crippen molar-refractivity contribution < 1.29 is 14.7 Å². The van der Waals surface area contributed by atoms with Gasteiger partial charge in [0.15, 0.2) is 0 Å². The Morgan fingerprint density at radius 2 is 2.17 bits per heavy atom. The number of nitrogens with one attached hydrogen (secondary N) is 2. The smallest absolute Gasteiger partial charge is 0.322 e. The summed E-state index contributed by atoms with van der Waals surface area (Å²) in [6, 6.07) is 5.14. The van der Waals surface area contributed by atoms with Crippen molar-refractivity contribution in [1.29, 1.82) is 0 Å². The molecule has 0 aliphatic carbocycles. The molecule has 0 bridgehead atoms. The minimum atomic E-state index is -1.08. The number of carbonyl (C=O) groups is 2. The third-order valence-corrected chi connectivity index (χ3v) is 2.81. The van der Waals surface area contributed by atoms with E-state index in [0.29, 0.717) is 16.3 Å². The lowest BCUT2D eigenvalue weighted by Gasteiger charge is -2.02. The number of rotatable bonds is 3. The van der Waals surface area contributed by atoms with Crippen LogP contribution in [0.25, 0.3) is 10.9 Å². The average Bonchev–Trinajstić information content (AvgIpc) is 2.61. The molecule has 5 nitrogen and oxygen atoms in total. The number of halogens is 1. The maximum absolute atomic E-state index is 11.9. The molecule has 1 heterocycles. The number of aryl methyl sites for hydroxylation is 1. The summed E-state index contributed by atoms with van der Waals surface area (Å²) in [5.74, 6) is -1.49. The van der Waals surface area contributed by atoms with Crippen molar-refractivity contribution >= 4 is 34.4 Å². The molecular formula is C12H11ClN2O3. The second kappa shape index (κ2) is 4.70. The highest BCUT2D eigenvalue weighted by molar-refractivity contribution is 6.31. The quantitative estimate of drug-likeness (QED) is 0.794. The van der Waals surface area contributed by atoms with Crippen molar-refractivity contribution in [1.82, 2.24) is 10.3 Å². The average molecular weight is 267 g/mol. The molecule has 6 heteroatoms. The lowest BCUT2D eigenvalue weighted by Crippen LogP contribution is -2.29. The molecule has 0 fully saturated rings. The number of H-pyrrole nitrogens is 1. The van der Waals surface area contributed by atoms with Gasteiger partial charge in [0, 0.05) is 21.6 Å². The Bertz CT molecular complexity index is 634. The molecule has 0 aliphatic rings. The first-order valence-electron chi connectivity index (χ1n) is 5.27. The first-order chi connectivity index (χ1) is 8.49. The van der Waals surface area contributed by atoms with E-state index in [2.05, 4.69) is 10.3 Å². The van der Waals surface area contributed by atoms with Gasteiger partial charge in [-0.3, -0.25) is 9.59 Å². The molecule has 1 aromatic carbocycles. The van der Waals surface area contributed by atoms with Crippen LogP contribution in [0.4, 0.5) is 0 Å². The molecule has 18 heavy (non-hydrogen) atoms. The normalized spacial score (nSPS) is 10.6. The molecule has 0 spiro atoms. The van der Waals surface area contributed by atoms with E-state index in [1.54, 1.807) is 25.1 Å². The van der Waals surface area contributed by atoms with E-state index in [1.807, 2.05) is 0 Å². The van der Waals surface area contributed by atoms with Gasteiger partial charge in [0.05, 0.1) is 5.56 Å². The molecule has 0 aliphatic heterocycles. The second-order valence-corrected chi connectivity index (χ2v) is 4.33. The van der Waals surface area contributed by atoms with Crippen LogP contribution in [-0.4, -0.2) is 28.5 Å². The summed E-state index contributed by atoms with van der Waals surface area (Å²) in [6.07, 6.45) is 0. The number of carboxylic acid groups (broad SMARTS) is 1. The van der Waals surface area contributed by atoms with Crippen LogP contribution >= 0.6 is 11.6 Å². The van der Waals surface area contributed by atoms with Crippen LogP contribution in [0.5, 0.6) is 0 Å². The van der Waals surface area contributed by atoms with Crippen LogP contribution < -0.4 is 5.32 Å². The van der Waals surface area contributed by atoms with Gasteiger partial charge in [-0.15, -0.1) is 0 Å². The summed E-state index contributed by atoms with van der Waals surface area (Å²) in [7, 11) is 0. The fourth-order valence-corrected chi connectivity index (χ4v) is 2.01. The number of carbonyl (C=O) groups excluding carboxylic acids is 1. The molecule has 2 rings (SSSR count). The topological polar surface area (TPSA) is 82.2 Å². The zero-order valence-corrected chi connectivity index (χ0v) is 10.3. The molecule has 1 amide bonds. The van der Waals surface area contributed by atoms with Gasteiger partial charge in [0.25, 0.3) is 5.91 Å². The molecule has 1 aromatic heterocycles. The molecule has 3 N–H and O–H groups in total. The fourth-order valence-electron chi connectivity index (χ4n) is 1.84. The molecule has 0 radical (unpaired) electrons. The Hall–Kier alpha value is -2.01. The number of carboxylic acids is 1. The summed E-state index contributed by atoms with van der Waals surface area (Å²) in [6.45, 7) is 1.35. The van der Waals surface area contributed by atoms with Gasteiger partial charge in [-0.1, -0.05) is 17.7 Å². The van der Waals surface area contributed by atoms with Gasteiger partial charge in [-0.25, -0.2) is 0 Å². The van der Waals surface area contributed by atoms with Crippen molar-refractivity contribution in [2.45, 2.75) is 6.92 Å². The lowest BCUT2D eigenvalue weighted by atomic mass is 10.1. The number of hydrogen-bond donors (Lipinski definition) is 3. The van der Waals surface area contributed by atoms with Crippen molar-refractivity contribution in [2.75, 3.05) is 6.54 Å². The van der Waals surface area contributed by atoms with Gasteiger partial charge < -0.3 is 15.4 Å². The minimum absolute atomic E-state index is 0.404. The lowest BCUT2D eigenvalue weighted by molar-refractivity contribution is -0.135. The predicted molar refractivity (Wildman–Crippen MR) is 68.0 cm³/mol. The number of aromatic nitrogens is 1. The van der Waals surface area contributed by atoms with Crippen LogP contribution in [0.15, 0.2) is 18.2 Å². The molecule has 0 unspecified atom stereocenters. The summed E-state index contributed by atoms with van der Waals surface area (Å²) in [5, 5.41) is 12.2. The Morgan fingerprint density at radius 3 is 2.83 bits per heavy atom. The Labute approximate surface area is 108 Å². The van der Waals surface area contributed by atoms with Crippen LogP contribution in [0.3, 0.4) is 0 Å². The predicted octanol–water partition coefficient (Wildman–Crippen LogP) is 1.94. The SMILES string of the molecule is Cc1[nH]c2cc(Cl)ccc2c1C(=O)NCC(=O)O. The first-order valence-corrected chi connectivity index (χ1v) is 5.64. The highest BCUT2D eigenvalue weighted by atomic mass is 35.5. The van der Waals surface area contributed by atoms with Gasteiger partial charge in [0.1, 0.15) is 6.54 Å². The number of aromatic amines is 1. The van der Waals surface area contributed by atoms with Gasteiger partial charge >= 0.3 is 5.97 Å². The summed E-state index contributed by atoms with van der Waals surface area (Å²) >= 11 is 5.86. The molecule has 0 atom stereocenters. The third kappa shape index (κ3) is 2.31. The summed E-state index contributed by atoms with van der Waals surface area (Å²) < 4.78 is 0. The van der Waals surface area contributed by atoms with Gasteiger partial charge in [-0.05, 0) is 19.1 Å². The number of hydrogen-bond acceptors (Lipinski definition) is 2. The fraction of sp³-hybridized carbons (Fsp3) is 0.167. The van der Waals surface area contributed by atoms with Gasteiger partial charge in [0.2, 0.25) is 0 Å². The van der Waals surface area contributed by atoms with Crippen LogP contribution in [0.2, 0.25) is 5.02 Å². The number of benzene rings is 1. The van der Waals surface area contributed by atoms with Crippen molar-refractivity contribution in [2.24, 2.45) is 0 Å². The van der Waals surface area contributed by atoms with Crippen LogP contribution in [-0.2, 0) is 4.79 Å². The standard InChI is InChI=1S/C12H11ClN2O3/c1-6-11(12(18)14-5-10(16)17)8-3-2-7(13)4-9(8)15-6/h2-4,15H,5H2,1H3,(H,14,18)(H,16,17). The highest BCUT2D eigenvalue weighted by Crippen LogP contribution is 2.24. The highest BCUT2D eigenvalue weighted by Gasteiger charge is 2.16. The molecule has 2 aromatic rings. The summed E-state index contributed by atoms with van der Waals surface area (Å²) in [4.78, 5) is 25.4. The summed E-state index contributed by atoms with van der Waals surface area (Å²) in [5.41, 5.74) is 1.87. The van der Waals surface area contributed by atoms with E-state index < -0.39 is 18.4 Å². The first kappa shape index (κ1) is 12.4. The number of fused-ring (bicyclic) bond motifs is 1. The molecule has 0 saturated carbocycles. The van der Waals surface area contributed by atoms with Crippen molar-refractivity contribution in [3.05, 3.63) is 34.5 Å². The maximum Gasteiger partial charge on any atom is 0.322 e. The molecular weight excluding hydrogens is 256 g/mol. The van der Waals surface area contributed by atoms with E-state index in [1.165, 1.54) is 0 Å². The van der Waals surface area contributed by atoms with Crippen LogP contribution in [0.1, 0.15) is 16.1 Å². The zero-order valence-electron chi connectivity index (χ0n) is 9.58. The molecule has 0 saturated heterocycles. The number of aliphatic carboxylic acids is 1.